The van der Waals surface area contributed by atoms with Gasteiger partial charge in [-0.1, -0.05) is 6.92 Å². The summed E-state index contributed by atoms with van der Waals surface area (Å²) >= 11 is 0. The number of rotatable bonds is 5. The van der Waals surface area contributed by atoms with E-state index in [9.17, 15) is 0 Å². The zero-order chi connectivity index (χ0) is 12.1. The molecule has 0 aliphatic carbocycles. The number of likely N-dealkylation sites (tertiary alicyclic amines) is 1. The number of piperidine rings is 1. The van der Waals surface area contributed by atoms with E-state index < -0.39 is 0 Å². The standard InChI is InChI=1S/C14H28N2O/c1-3-9-17-14-5-4-8-16(11-14)10-13-6-7-15-12(13)2/h12-15H,3-11H2,1-2H3. The van der Waals surface area contributed by atoms with Gasteiger partial charge in [-0.25, -0.2) is 0 Å². The zero-order valence-corrected chi connectivity index (χ0v) is 11.5. The van der Waals surface area contributed by atoms with Gasteiger partial charge in [-0.3, -0.25) is 0 Å². The lowest BCUT2D eigenvalue weighted by Gasteiger charge is -2.34. The average Bonchev–Trinajstić information content (AvgIpc) is 2.73. The Morgan fingerprint density at radius 1 is 1.35 bits per heavy atom. The van der Waals surface area contributed by atoms with Gasteiger partial charge in [0.15, 0.2) is 0 Å². The minimum atomic E-state index is 0.494. The van der Waals surface area contributed by atoms with Crippen LogP contribution in [0.1, 0.15) is 39.5 Å². The summed E-state index contributed by atoms with van der Waals surface area (Å²) in [6.45, 7) is 10.3. The third-order valence-corrected chi connectivity index (χ3v) is 4.20. The van der Waals surface area contributed by atoms with Gasteiger partial charge < -0.3 is 15.0 Å². The monoisotopic (exact) mass is 240 g/mol. The van der Waals surface area contributed by atoms with E-state index in [1.165, 1.54) is 38.9 Å². The topological polar surface area (TPSA) is 24.5 Å². The molecule has 0 bridgehead atoms. The fourth-order valence-corrected chi connectivity index (χ4v) is 3.09. The Morgan fingerprint density at radius 2 is 2.24 bits per heavy atom. The molecule has 0 spiro atoms. The van der Waals surface area contributed by atoms with Gasteiger partial charge in [0.25, 0.3) is 0 Å². The maximum atomic E-state index is 5.90. The van der Waals surface area contributed by atoms with Crippen molar-refractivity contribution in [2.24, 2.45) is 5.92 Å². The lowest BCUT2D eigenvalue weighted by Crippen LogP contribution is -2.43. The maximum Gasteiger partial charge on any atom is 0.0702 e. The molecule has 0 radical (unpaired) electrons. The van der Waals surface area contributed by atoms with E-state index in [1.54, 1.807) is 0 Å². The lowest BCUT2D eigenvalue weighted by molar-refractivity contribution is -0.00410. The van der Waals surface area contributed by atoms with E-state index in [-0.39, 0.29) is 0 Å². The lowest BCUT2D eigenvalue weighted by atomic mass is 9.99. The van der Waals surface area contributed by atoms with Crippen LogP contribution in [0.5, 0.6) is 0 Å². The van der Waals surface area contributed by atoms with Crippen molar-refractivity contribution in [1.29, 1.82) is 0 Å². The van der Waals surface area contributed by atoms with Crippen molar-refractivity contribution in [2.45, 2.75) is 51.7 Å². The van der Waals surface area contributed by atoms with Crippen LogP contribution in [0, 0.1) is 5.92 Å². The second kappa shape index (κ2) is 6.72. The van der Waals surface area contributed by atoms with Crippen molar-refractivity contribution in [3.63, 3.8) is 0 Å². The summed E-state index contributed by atoms with van der Waals surface area (Å²) in [6.07, 6.45) is 5.55. The van der Waals surface area contributed by atoms with Gasteiger partial charge in [-0.15, -0.1) is 0 Å². The first-order chi connectivity index (χ1) is 8.29. The summed E-state index contributed by atoms with van der Waals surface area (Å²) in [5.74, 6) is 0.847. The van der Waals surface area contributed by atoms with Crippen LogP contribution in [0.2, 0.25) is 0 Å². The Kier molecular flexibility index (Phi) is 5.26. The molecule has 0 saturated carbocycles. The molecule has 3 nitrogen and oxygen atoms in total. The first-order valence-corrected chi connectivity index (χ1v) is 7.37. The Labute approximate surface area is 106 Å². The number of nitrogens with one attached hydrogen (secondary N) is 1. The van der Waals surface area contributed by atoms with Gasteiger partial charge in [-0.2, -0.15) is 0 Å². The number of hydrogen-bond acceptors (Lipinski definition) is 3. The van der Waals surface area contributed by atoms with Crippen LogP contribution in [0.4, 0.5) is 0 Å². The van der Waals surface area contributed by atoms with Gasteiger partial charge in [0.1, 0.15) is 0 Å². The third kappa shape index (κ3) is 3.94. The number of hydrogen-bond donors (Lipinski definition) is 1. The fourth-order valence-electron chi connectivity index (χ4n) is 3.09. The molecule has 2 rings (SSSR count). The minimum absolute atomic E-state index is 0.494. The molecule has 0 aromatic carbocycles. The third-order valence-electron chi connectivity index (χ3n) is 4.20. The normalized spacial score (nSPS) is 35.3. The minimum Gasteiger partial charge on any atom is -0.377 e. The van der Waals surface area contributed by atoms with E-state index in [1.807, 2.05) is 0 Å². The summed E-state index contributed by atoms with van der Waals surface area (Å²) in [4.78, 5) is 2.62. The van der Waals surface area contributed by atoms with E-state index in [0.717, 1.165) is 25.5 Å². The highest BCUT2D eigenvalue weighted by atomic mass is 16.5. The van der Waals surface area contributed by atoms with Crippen molar-refractivity contribution >= 4 is 0 Å². The Balaban J connectivity index is 1.73. The molecule has 1 N–H and O–H groups in total. The first-order valence-electron chi connectivity index (χ1n) is 7.37. The first kappa shape index (κ1) is 13.3. The van der Waals surface area contributed by atoms with Crippen LogP contribution in [-0.2, 0) is 4.74 Å². The summed E-state index contributed by atoms with van der Waals surface area (Å²) in [6, 6.07) is 0.701. The largest absolute Gasteiger partial charge is 0.377 e. The summed E-state index contributed by atoms with van der Waals surface area (Å²) in [7, 11) is 0. The second-order valence-corrected chi connectivity index (χ2v) is 5.69. The highest BCUT2D eigenvalue weighted by molar-refractivity contribution is 4.84. The summed E-state index contributed by atoms with van der Waals surface area (Å²) < 4.78 is 5.90. The van der Waals surface area contributed by atoms with Gasteiger partial charge in [0.2, 0.25) is 0 Å². The van der Waals surface area contributed by atoms with E-state index in [0.29, 0.717) is 12.1 Å². The van der Waals surface area contributed by atoms with Gasteiger partial charge in [0.05, 0.1) is 6.10 Å². The van der Waals surface area contributed by atoms with Crippen molar-refractivity contribution in [2.75, 3.05) is 32.8 Å². The highest BCUT2D eigenvalue weighted by Crippen LogP contribution is 2.20. The molecular formula is C14H28N2O. The highest BCUT2D eigenvalue weighted by Gasteiger charge is 2.27. The Hall–Kier alpha value is -0.120. The molecule has 3 unspecified atom stereocenters. The molecular weight excluding hydrogens is 212 g/mol. The fraction of sp³-hybridized carbons (Fsp3) is 1.00. The molecule has 17 heavy (non-hydrogen) atoms. The molecule has 3 atom stereocenters. The molecule has 2 fully saturated rings. The molecule has 0 aromatic heterocycles. The molecule has 0 aromatic rings. The molecule has 3 heteroatoms. The predicted molar refractivity (Wildman–Crippen MR) is 71.3 cm³/mol. The summed E-state index contributed by atoms with van der Waals surface area (Å²) in [5.41, 5.74) is 0. The van der Waals surface area contributed by atoms with Crippen LogP contribution in [0.15, 0.2) is 0 Å². The molecule has 2 saturated heterocycles. The molecule has 0 amide bonds. The molecule has 100 valence electrons. The van der Waals surface area contributed by atoms with Crippen molar-refractivity contribution < 1.29 is 4.74 Å². The SMILES string of the molecule is CCCOC1CCCN(CC2CCNC2C)C1. The van der Waals surface area contributed by atoms with Crippen LogP contribution in [-0.4, -0.2) is 49.8 Å². The van der Waals surface area contributed by atoms with E-state index in [2.05, 4.69) is 24.1 Å². The summed E-state index contributed by atoms with van der Waals surface area (Å²) in [5, 5.41) is 3.55. The maximum absolute atomic E-state index is 5.90. The number of ether oxygens (including phenoxy) is 1. The van der Waals surface area contributed by atoms with E-state index in [4.69, 9.17) is 4.74 Å². The second-order valence-electron chi connectivity index (χ2n) is 5.69. The Bertz CT molecular complexity index is 222. The molecule has 2 heterocycles. The van der Waals surface area contributed by atoms with Crippen molar-refractivity contribution in [3.8, 4) is 0 Å². The predicted octanol–water partition coefficient (Wildman–Crippen LogP) is 1.88. The van der Waals surface area contributed by atoms with Crippen LogP contribution in [0.3, 0.4) is 0 Å². The molecule has 2 aliphatic heterocycles. The van der Waals surface area contributed by atoms with Crippen LogP contribution in [0.25, 0.3) is 0 Å². The smallest absolute Gasteiger partial charge is 0.0702 e. The number of nitrogens with zero attached hydrogens (tertiary/aromatic N) is 1. The quantitative estimate of drug-likeness (QED) is 0.794. The van der Waals surface area contributed by atoms with E-state index >= 15 is 0 Å². The van der Waals surface area contributed by atoms with Gasteiger partial charge >= 0.3 is 0 Å². The van der Waals surface area contributed by atoms with Crippen LogP contribution < -0.4 is 5.32 Å². The Morgan fingerprint density at radius 3 is 2.94 bits per heavy atom. The zero-order valence-electron chi connectivity index (χ0n) is 11.5. The molecule has 2 aliphatic rings. The van der Waals surface area contributed by atoms with Gasteiger partial charge in [0, 0.05) is 25.7 Å². The van der Waals surface area contributed by atoms with Gasteiger partial charge in [-0.05, 0) is 51.6 Å². The van der Waals surface area contributed by atoms with Crippen molar-refractivity contribution in [1.82, 2.24) is 10.2 Å². The van der Waals surface area contributed by atoms with Crippen molar-refractivity contribution in [3.05, 3.63) is 0 Å². The van der Waals surface area contributed by atoms with Crippen LogP contribution >= 0.6 is 0 Å². The average molecular weight is 240 g/mol.